The fourth-order valence-electron chi connectivity index (χ4n) is 2.24. The highest BCUT2D eigenvalue weighted by Gasteiger charge is 2.43. The molecule has 1 rings (SSSR count). The van der Waals surface area contributed by atoms with Crippen molar-refractivity contribution in [3.05, 3.63) is 11.8 Å². The fraction of sp³-hybridized carbons (Fsp3) is 0.765. The zero-order chi connectivity index (χ0) is 19.5. The number of hydrogen-bond acceptors (Lipinski definition) is 6. The third-order valence-corrected chi connectivity index (χ3v) is 7.07. The highest BCUT2D eigenvalue weighted by molar-refractivity contribution is 7.93. The Labute approximate surface area is 150 Å². The third kappa shape index (κ3) is 5.81. The molecule has 144 valence electrons. The van der Waals surface area contributed by atoms with Gasteiger partial charge in [-0.15, -0.1) is 0 Å². The van der Waals surface area contributed by atoms with Crippen LogP contribution in [-0.4, -0.2) is 49.0 Å². The Hall–Kier alpha value is -1.41. The largest absolute Gasteiger partial charge is 0.512 e. The van der Waals surface area contributed by atoms with Crippen LogP contribution in [0.1, 0.15) is 47.5 Å². The average Bonchev–Trinajstić information content (AvgIpc) is 2.46. The van der Waals surface area contributed by atoms with Crippen molar-refractivity contribution in [3.63, 3.8) is 0 Å². The molecular formula is C17H30N2O5S. The topological polar surface area (TPSA) is 117 Å². The molecule has 8 heteroatoms. The summed E-state index contributed by atoms with van der Waals surface area (Å²) in [6.45, 7) is 9.04. The molecule has 0 aromatic heterocycles. The van der Waals surface area contributed by atoms with Gasteiger partial charge < -0.3 is 15.2 Å². The Morgan fingerprint density at radius 3 is 2.24 bits per heavy atom. The fourth-order valence-corrected chi connectivity index (χ4v) is 3.94. The lowest BCUT2D eigenvalue weighted by Crippen LogP contribution is -2.51. The number of hydrogen-bond donors (Lipinski definition) is 3. The van der Waals surface area contributed by atoms with Gasteiger partial charge in [0.25, 0.3) is 0 Å². The van der Waals surface area contributed by atoms with Gasteiger partial charge in [0.15, 0.2) is 9.84 Å². The monoisotopic (exact) mass is 374 g/mol. The predicted molar refractivity (Wildman–Crippen MR) is 97.4 cm³/mol. The lowest BCUT2D eigenvalue weighted by atomic mass is 9.93. The maximum atomic E-state index is 12.7. The number of carbonyl (C=O) groups is 1. The van der Waals surface area contributed by atoms with Crippen molar-refractivity contribution >= 4 is 21.6 Å². The molecule has 7 nitrogen and oxygen atoms in total. The van der Waals surface area contributed by atoms with E-state index in [1.807, 2.05) is 0 Å². The molecule has 0 aromatic carbocycles. The molecule has 3 N–H and O–H groups in total. The number of sulfone groups is 1. The average molecular weight is 375 g/mol. The molecule has 1 amide bonds. The van der Waals surface area contributed by atoms with E-state index in [0.717, 1.165) is 6.08 Å². The number of rotatable bonds is 5. The number of aliphatic hydroxyl groups excluding tert-OH is 1. The molecule has 0 bridgehead atoms. The van der Waals surface area contributed by atoms with Crippen LogP contribution in [0.3, 0.4) is 0 Å². The summed E-state index contributed by atoms with van der Waals surface area (Å²) in [6.07, 6.45) is 2.45. The van der Waals surface area contributed by atoms with E-state index in [-0.39, 0.29) is 23.3 Å². The number of carbonyl (C=O) groups excluding carboxylic acids is 1. The van der Waals surface area contributed by atoms with E-state index in [1.165, 1.54) is 13.8 Å². The van der Waals surface area contributed by atoms with Gasteiger partial charge in [0.05, 0.1) is 5.75 Å². The van der Waals surface area contributed by atoms with E-state index in [9.17, 15) is 18.3 Å². The molecule has 1 saturated heterocycles. The van der Waals surface area contributed by atoms with Crippen LogP contribution in [0.15, 0.2) is 11.8 Å². The summed E-state index contributed by atoms with van der Waals surface area (Å²) in [5.74, 6) is -1.28. The second-order valence-corrected chi connectivity index (χ2v) is 10.6. The van der Waals surface area contributed by atoms with E-state index < -0.39 is 25.9 Å². The van der Waals surface area contributed by atoms with E-state index in [2.05, 4.69) is 5.32 Å². The van der Waals surface area contributed by atoms with Gasteiger partial charge in [-0.25, -0.2) is 8.42 Å². The van der Waals surface area contributed by atoms with Crippen LogP contribution in [0.25, 0.3) is 0 Å². The van der Waals surface area contributed by atoms with Crippen LogP contribution >= 0.6 is 0 Å². The first-order chi connectivity index (χ1) is 11.3. The summed E-state index contributed by atoms with van der Waals surface area (Å²) in [5, 5.41) is 19.9. The predicted octanol–water partition coefficient (Wildman–Crippen LogP) is 2.19. The van der Waals surface area contributed by atoms with Crippen LogP contribution in [0.5, 0.6) is 0 Å². The van der Waals surface area contributed by atoms with Crippen molar-refractivity contribution in [1.29, 1.82) is 5.41 Å². The van der Waals surface area contributed by atoms with Gasteiger partial charge in [-0.3, -0.25) is 10.2 Å². The number of ether oxygens (including phenoxy) is 1. The minimum absolute atomic E-state index is 0.0184. The molecule has 25 heavy (non-hydrogen) atoms. The van der Waals surface area contributed by atoms with Crippen molar-refractivity contribution in [2.75, 3.05) is 19.0 Å². The summed E-state index contributed by atoms with van der Waals surface area (Å²) in [6, 6.07) is 0. The van der Waals surface area contributed by atoms with Gasteiger partial charge in [-0.2, -0.15) is 0 Å². The van der Waals surface area contributed by atoms with Crippen LogP contribution in [0.2, 0.25) is 0 Å². The number of aliphatic hydroxyl groups is 1. The SMILES string of the molecule is CC(C)(C)/C(O)=C/C(=N)NC(=O)C(C)(C)S(=O)(=O)CC1CCOCC1. The van der Waals surface area contributed by atoms with Gasteiger partial charge in [0.2, 0.25) is 5.91 Å². The Balaban J connectivity index is 2.82. The lowest BCUT2D eigenvalue weighted by molar-refractivity contribution is -0.121. The maximum absolute atomic E-state index is 12.7. The number of nitrogens with one attached hydrogen (secondary N) is 2. The van der Waals surface area contributed by atoms with Crippen LogP contribution in [-0.2, 0) is 19.4 Å². The molecule has 1 aliphatic heterocycles. The zero-order valence-corrected chi connectivity index (χ0v) is 16.5. The standard InChI is InChI=1S/C17H30N2O5S/c1-16(2,3)13(20)10-14(18)19-15(21)17(4,5)25(22,23)11-12-6-8-24-9-7-12/h10,12,20H,6-9,11H2,1-5H3,(H2,18,19,21)/b13-10-. The Morgan fingerprint density at radius 1 is 1.24 bits per heavy atom. The van der Waals surface area contributed by atoms with Gasteiger partial charge >= 0.3 is 0 Å². The molecule has 0 aliphatic carbocycles. The van der Waals surface area contributed by atoms with E-state index in [1.54, 1.807) is 20.8 Å². The second kappa shape index (κ2) is 7.86. The summed E-state index contributed by atoms with van der Waals surface area (Å²) in [7, 11) is -3.71. The summed E-state index contributed by atoms with van der Waals surface area (Å²) >= 11 is 0. The van der Waals surface area contributed by atoms with E-state index >= 15 is 0 Å². The minimum Gasteiger partial charge on any atom is -0.512 e. The molecule has 0 saturated carbocycles. The van der Waals surface area contributed by atoms with Gasteiger partial charge in [0.1, 0.15) is 16.3 Å². The number of allylic oxidation sites excluding steroid dienone is 1. The highest BCUT2D eigenvalue weighted by atomic mass is 32.2. The maximum Gasteiger partial charge on any atom is 0.246 e. The number of amidine groups is 1. The van der Waals surface area contributed by atoms with E-state index in [0.29, 0.717) is 26.1 Å². The minimum atomic E-state index is -3.71. The normalized spacial score (nSPS) is 18.0. The Kier molecular flexibility index (Phi) is 6.81. The van der Waals surface area contributed by atoms with Crippen LogP contribution < -0.4 is 5.32 Å². The van der Waals surface area contributed by atoms with Crippen LogP contribution in [0.4, 0.5) is 0 Å². The van der Waals surface area contributed by atoms with Crippen molar-refractivity contribution in [2.45, 2.75) is 52.2 Å². The molecule has 0 radical (unpaired) electrons. The van der Waals surface area contributed by atoms with Gasteiger partial charge in [-0.1, -0.05) is 20.8 Å². The van der Waals surface area contributed by atoms with Crippen molar-refractivity contribution in [1.82, 2.24) is 5.32 Å². The summed E-state index contributed by atoms with van der Waals surface area (Å²) in [4.78, 5) is 12.4. The van der Waals surface area contributed by atoms with Gasteiger partial charge in [0, 0.05) is 24.7 Å². The smallest absolute Gasteiger partial charge is 0.246 e. The molecule has 0 spiro atoms. The third-order valence-electron chi connectivity index (χ3n) is 4.42. The lowest BCUT2D eigenvalue weighted by Gasteiger charge is -2.28. The van der Waals surface area contributed by atoms with Crippen molar-refractivity contribution < 1.29 is 23.1 Å². The molecular weight excluding hydrogens is 344 g/mol. The first kappa shape index (κ1) is 21.6. The Morgan fingerprint density at radius 2 is 1.76 bits per heavy atom. The molecule has 0 unspecified atom stereocenters. The summed E-state index contributed by atoms with van der Waals surface area (Å²) < 4.78 is 28.9. The quantitative estimate of drug-likeness (QED) is 0.387. The number of amides is 1. The first-order valence-electron chi connectivity index (χ1n) is 8.38. The van der Waals surface area contributed by atoms with Crippen molar-refractivity contribution in [2.24, 2.45) is 11.3 Å². The van der Waals surface area contributed by atoms with E-state index in [4.69, 9.17) is 10.1 Å². The zero-order valence-electron chi connectivity index (χ0n) is 15.7. The second-order valence-electron chi connectivity index (χ2n) is 7.99. The summed E-state index contributed by atoms with van der Waals surface area (Å²) in [5.41, 5.74) is -0.568. The molecule has 1 aliphatic rings. The van der Waals surface area contributed by atoms with Crippen molar-refractivity contribution in [3.8, 4) is 0 Å². The molecule has 1 fully saturated rings. The highest BCUT2D eigenvalue weighted by Crippen LogP contribution is 2.25. The van der Waals surface area contributed by atoms with Crippen LogP contribution in [0, 0.1) is 16.7 Å². The molecule has 0 atom stereocenters. The molecule has 1 heterocycles. The molecule has 0 aromatic rings. The Bertz CT molecular complexity index is 638. The first-order valence-corrected chi connectivity index (χ1v) is 10.0. The van der Waals surface area contributed by atoms with Gasteiger partial charge in [-0.05, 0) is 32.6 Å².